The van der Waals surface area contributed by atoms with Crippen molar-refractivity contribution in [2.75, 3.05) is 0 Å². The van der Waals surface area contributed by atoms with E-state index in [0.717, 1.165) is 39.1 Å². The van der Waals surface area contributed by atoms with Gasteiger partial charge in [0.15, 0.2) is 11.0 Å². The van der Waals surface area contributed by atoms with Crippen LogP contribution in [0.4, 0.5) is 0 Å². The molecule has 0 amide bonds. The number of benzene rings is 1. The molecule has 136 valence electrons. The maximum Gasteiger partial charge on any atom is 0.197 e. The molecule has 1 saturated carbocycles. The molecule has 3 heterocycles. The number of fused-ring (bicyclic) bond motifs is 1. The van der Waals surface area contributed by atoms with Gasteiger partial charge in [-0.2, -0.15) is 0 Å². The summed E-state index contributed by atoms with van der Waals surface area (Å²) in [5.41, 5.74) is 0. The maximum absolute atomic E-state index is 6.18. The molecule has 0 spiro atoms. The van der Waals surface area contributed by atoms with Crippen molar-refractivity contribution in [3.8, 4) is 5.75 Å². The minimum absolute atomic E-state index is 0.325. The van der Waals surface area contributed by atoms with Crippen LogP contribution in [-0.2, 0) is 6.61 Å². The van der Waals surface area contributed by atoms with E-state index >= 15 is 0 Å². The first-order valence-electron chi connectivity index (χ1n) is 8.47. The number of nitrogens with zero attached hydrogens (tertiary/aromatic N) is 5. The first-order valence-corrected chi connectivity index (χ1v) is 10.5. The average Bonchev–Trinajstić information content (AvgIpc) is 3.25. The van der Waals surface area contributed by atoms with E-state index in [-0.39, 0.29) is 0 Å². The van der Waals surface area contributed by atoms with Crippen LogP contribution in [0.2, 0.25) is 5.02 Å². The second-order valence-electron chi connectivity index (χ2n) is 6.14. The van der Waals surface area contributed by atoms with Gasteiger partial charge in [-0.25, -0.2) is 9.97 Å². The van der Waals surface area contributed by atoms with Crippen LogP contribution in [0.5, 0.6) is 5.75 Å². The van der Waals surface area contributed by atoms with Crippen molar-refractivity contribution in [1.29, 1.82) is 0 Å². The Hall–Kier alpha value is -2.16. The molecular weight excluding hydrogens is 402 g/mol. The molecule has 0 N–H and O–H groups in total. The fourth-order valence-corrected chi connectivity index (χ4v) is 4.78. The molecule has 4 aromatic rings. The number of aromatic nitrogens is 5. The van der Waals surface area contributed by atoms with Crippen LogP contribution in [0, 0.1) is 0 Å². The molecule has 5 rings (SSSR count). The Balaban J connectivity index is 1.42. The van der Waals surface area contributed by atoms with Gasteiger partial charge in [-0.15, -0.1) is 21.5 Å². The number of para-hydroxylation sites is 1. The SMILES string of the molecule is Clc1ccccc1OCc1nnc(Sc2ncnc3sccc23)n1C1CC1. The highest BCUT2D eigenvalue weighted by Crippen LogP contribution is 2.41. The van der Waals surface area contributed by atoms with Gasteiger partial charge in [-0.1, -0.05) is 23.7 Å². The molecule has 1 aliphatic carbocycles. The zero-order chi connectivity index (χ0) is 18.2. The van der Waals surface area contributed by atoms with Crippen LogP contribution in [0.25, 0.3) is 10.2 Å². The van der Waals surface area contributed by atoms with Gasteiger partial charge in [0.25, 0.3) is 0 Å². The van der Waals surface area contributed by atoms with Crippen molar-refractivity contribution >= 4 is 44.9 Å². The van der Waals surface area contributed by atoms with Gasteiger partial charge >= 0.3 is 0 Å². The van der Waals surface area contributed by atoms with E-state index < -0.39 is 0 Å². The highest BCUT2D eigenvalue weighted by molar-refractivity contribution is 7.99. The van der Waals surface area contributed by atoms with Gasteiger partial charge in [0.05, 0.1) is 5.02 Å². The number of hydrogen-bond donors (Lipinski definition) is 0. The molecule has 3 aromatic heterocycles. The molecule has 0 atom stereocenters. The summed E-state index contributed by atoms with van der Waals surface area (Å²) in [5, 5.41) is 14.2. The number of halogens is 1. The lowest BCUT2D eigenvalue weighted by atomic mass is 10.3. The van der Waals surface area contributed by atoms with E-state index in [0.29, 0.717) is 23.4 Å². The Morgan fingerprint density at radius 1 is 1.19 bits per heavy atom. The zero-order valence-corrected chi connectivity index (χ0v) is 16.5. The molecule has 1 aromatic carbocycles. The second kappa shape index (κ2) is 7.10. The van der Waals surface area contributed by atoms with Crippen LogP contribution < -0.4 is 4.74 Å². The Bertz CT molecular complexity index is 1110. The molecular formula is C18H14ClN5OS2. The van der Waals surface area contributed by atoms with Crippen LogP contribution in [-0.4, -0.2) is 24.7 Å². The third-order valence-corrected chi connectivity index (χ3v) is 6.37. The molecule has 0 saturated heterocycles. The van der Waals surface area contributed by atoms with E-state index in [1.54, 1.807) is 17.7 Å². The van der Waals surface area contributed by atoms with Gasteiger partial charge in [-0.3, -0.25) is 4.57 Å². The predicted molar refractivity (Wildman–Crippen MR) is 106 cm³/mol. The summed E-state index contributed by atoms with van der Waals surface area (Å²) in [5.74, 6) is 1.45. The van der Waals surface area contributed by atoms with E-state index in [2.05, 4.69) is 24.7 Å². The first-order chi connectivity index (χ1) is 13.3. The molecule has 27 heavy (non-hydrogen) atoms. The summed E-state index contributed by atoms with van der Waals surface area (Å²) in [6, 6.07) is 9.90. The van der Waals surface area contributed by atoms with E-state index in [1.165, 1.54) is 11.8 Å². The van der Waals surface area contributed by atoms with E-state index in [1.807, 2.05) is 35.7 Å². The average molecular weight is 416 g/mol. The summed E-state index contributed by atoms with van der Waals surface area (Å²) in [4.78, 5) is 9.73. The fourth-order valence-electron chi connectivity index (χ4n) is 2.81. The lowest BCUT2D eigenvalue weighted by Gasteiger charge is -2.10. The third kappa shape index (κ3) is 3.40. The molecule has 0 unspecified atom stereocenters. The molecule has 0 bridgehead atoms. The summed E-state index contributed by atoms with van der Waals surface area (Å²) in [7, 11) is 0. The maximum atomic E-state index is 6.18. The molecule has 6 nitrogen and oxygen atoms in total. The Labute approximate surface area is 168 Å². The second-order valence-corrected chi connectivity index (χ2v) is 8.40. The number of rotatable bonds is 6. The number of thiophene rings is 1. The lowest BCUT2D eigenvalue weighted by Crippen LogP contribution is -2.07. The lowest BCUT2D eigenvalue weighted by molar-refractivity contribution is 0.288. The Morgan fingerprint density at radius 2 is 2.07 bits per heavy atom. The normalized spacial score (nSPS) is 14.0. The predicted octanol–water partition coefficient (Wildman–Crippen LogP) is 5.00. The molecule has 1 fully saturated rings. The highest BCUT2D eigenvalue weighted by Gasteiger charge is 2.30. The molecule has 9 heteroatoms. The van der Waals surface area contributed by atoms with Crippen molar-refractivity contribution < 1.29 is 4.74 Å². The van der Waals surface area contributed by atoms with Crippen molar-refractivity contribution in [2.45, 2.75) is 35.7 Å². The summed E-state index contributed by atoms with van der Waals surface area (Å²) in [6.45, 7) is 0.325. The largest absolute Gasteiger partial charge is 0.484 e. The summed E-state index contributed by atoms with van der Waals surface area (Å²) in [6.07, 6.45) is 3.85. The number of ether oxygens (including phenoxy) is 1. The van der Waals surface area contributed by atoms with Gasteiger partial charge in [0.2, 0.25) is 0 Å². The third-order valence-electron chi connectivity index (χ3n) is 4.25. The van der Waals surface area contributed by atoms with Gasteiger partial charge in [0, 0.05) is 11.4 Å². The summed E-state index contributed by atoms with van der Waals surface area (Å²) < 4.78 is 8.04. The van der Waals surface area contributed by atoms with Crippen LogP contribution >= 0.6 is 34.7 Å². The zero-order valence-electron chi connectivity index (χ0n) is 14.1. The monoisotopic (exact) mass is 415 g/mol. The fraction of sp³-hybridized carbons (Fsp3) is 0.222. The van der Waals surface area contributed by atoms with Gasteiger partial charge in [0.1, 0.15) is 28.5 Å². The smallest absolute Gasteiger partial charge is 0.197 e. The minimum atomic E-state index is 0.325. The van der Waals surface area contributed by atoms with Crippen molar-refractivity contribution in [3.63, 3.8) is 0 Å². The Morgan fingerprint density at radius 3 is 2.93 bits per heavy atom. The van der Waals surface area contributed by atoms with Gasteiger partial charge < -0.3 is 4.74 Å². The molecule has 1 aliphatic rings. The van der Waals surface area contributed by atoms with Crippen molar-refractivity contribution in [1.82, 2.24) is 24.7 Å². The summed E-state index contributed by atoms with van der Waals surface area (Å²) >= 11 is 9.31. The topological polar surface area (TPSA) is 65.7 Å². The molecule has 0 aliphatic heterocycles. The standard InChI is InChI=1S/C18H14ClN5OS2/c19-13-3-1-2-4-14(13)25-9-15-22-23-18(24(15)11-5-6-11)27-17-12-7-8-26-16(12)20-10-21-17/h1-4,7-8,10-11H,5-6,9H2. The number of hydrogen-bond acceptors (Lipinski definition) is 7. The molecule has 0 radical (unpaired) electrons. The Kier molecular flexibility index (Phi) is 4.47. The van der Waals surface area contributed by atoms with Crippen molar-refractivity contribution in [3.05, 3.63) is 52.9 Å². The highest BCUT2D eigenvalue weighted by atomic mass is 35.5. The van der Waals surface area contributed by atoms with Crippen LogP contribution in [0.3, 0.4) is 0 Å². The van der Waals surface area contributed by atoms with E-state index in [9.17, 15) is 0 Å². The van der Waals surface area contributed by atoms with Gasteiger partial charge in [-0.05, 0) is 48.2 Å². The van der Waals surface area contributed by atoms with E-state index in [4.69, 9.17) is 16.3 Å². The quantitative estimate of drug-likeness (QED) is 0.413. The van der Waals surface area contributed by atoms with Crippen molar-refractivity contribution in [2.24, 2.45) is 0 Å². The van der Waals surface area contributed by atoms with Crippen LogP contribution in [0.1, 0.15) is 24.7 Å². The van der Waals surface area contributed by atoms with Crippen LogP contribution in [0.15, 0.2) is 52.2 Å². The minimum Gasteiger partial charge on any atom is -0.484 e. The first kappa shape index (κ1) is 17.0.